The normalized spacial score (nSPS) is 10.2. The second-order valence-corrected chi connectivity index (χ2v) is 5.70. The molecule has 1 heterocycles. The smallest absolute Gasteiger partial charge is 0.228 e. The number of amides is 1. The van der Waals surface area contributed by atoms with E-state index in [0.29, 0.717) is 17.3 Å². The molecule has 3 rings (SSSR count). The molecule has 6 heteroatoms. The van der Waals surface area contributed by atoms with Crippen LogP contribution in [0.15, 0.2) is 61.1 Å². The summed E-state index contributed by atoms with van der Waals surface area (Å²) in [4.78, 5) is 20.1. The summed E-state index contributed by atoms with van der Waals surface area (Å²) in [6.07, 6.45) is 3.30. The molecule has 2 aromatic carbocycles. The van der Waals surface area contributed by atoms with Gasteiger partial charge in [-0.1, -0.05) is 12.1 Å². The molecule has 0 aliphatic rings. The molecule has 6 nitrogen and oxygen atoms in total. The number of methoxy groups -OCH3 is 1. The van der Waals surface area contributed by atoms with E-state index in [4.69, 9.17) is 9.47 Å². The van der Waals surface area contributed by atoms with Crippen LogP contribution in [0.5, 0.6) is 17.4 Å². The Morgan fingerprint density at radius 2 is 1.92 bits per heavy atom. The molecule has 0 fully saturated rings. The van der Waals surface area contributed by atoms with Gasteiger partial charge in [0.25, 0.3) is 0 Å². The van der Waals surface area contributed by atoms with Crippen molar-refractivity contribution in [1.29, 1.82) is 0 Å². The van der Waals surface area contributed by atoms with Gasteiger partial charge < -0.3 is 14.8 Å². The molecule has 1 N–H and O–H groups in total. The fraction of sp³-hybridized carbons (Fsp3) is 0.150. The standard InChI is InChI=1S/C20H19N3O3/c1-14-3-4-15(11-18(14)25-2)12-19(24)23-16-5-7-17(8-6-16)26-20-9-10-21-13-22-20/h3-11,13H,12H2,1-2H3,(H,23,24). The average molecular weight is 349 g/mol. The monoisotopic (exact) mass is 349 g/mol. The second-order valence-electron chi connectivity index (χ2n) is 5.70. The van der Waals surface area contributed by atoms with Crippen LogP contribution in [0, 0.1) is 6.92 Å². The van der Waals surface area contributed by atoms with Crippen molar-refractivity contribution in [3.63, 3.8) is 0 Å². The molecule has 1 amide bonds. The van der Waals surface area contributed by atoms with E-state index in [9.17, 15) is 4.79 Å². The Balaban J connectivity index is 1.59. The van der Waals surface area contributed by atoms with Crippen molar-refractivity contribution in [2.24, 2.45) is 0 Å². The van der Waals surface area contributed by atoms with Crippen LogP contribution < -0.4 is 14.8 Å². The van der Waals surface area contributed by atoms with Gasteiger partial charge >= 0.3 is 0 Å². The van der Waals surface area contributed by atoms with Crippen LogP contribution in [-0.4, -0.2) is 23.0 Å². The molecule has 1 aromatic heterocycles. The molecule has 0 atom stereocenters. The Labute approximate surface area is 151 Å². The van der Waals surface area contributed by atoms with Gasteiger partial charge in [-0.05, 0) is 48.4 Å². The first-order valence-corrected chi connectivity index (χ1v) is 8.11. The Morgan fingerprint density at radius 1 is 1.12 bits per heavy atom. The highest BCUT2D eigenvalue weighted by Crippen LogP contribution is 2.22. The third kappa shape index (κ3) is 4.57. The van der Waals surface area contributed by atoms with E-state index in [1.165, 1.54) is 6.33 Å². The van der Waals surface area contributed by atoms with Crippen LogP contribution in [-0.2, 0) is 11.2 Å². The molecule has 3 aromatic rings. The molecular weight excluding hydrogens is 330 g/mol. The second kappa shape index (κ2) is 8.11. The summed E-state index contributed by atoms with van der Waals surface area (Å²) < 4.78 is 10.9. The van der Waals surface area contributed by atoms with Crippen LogP contribution in [0.25, 0.3) is 0 Å². The van der Waals surface area contributed by atoms with Crippen LogP contribution in [0.3, 0.4) is 0 Å². The summed E-state index contributed by atoms with van der Waals surface area (Å²) >= 11 is 0. The van der Waals surface area contributed by atoms with E-state index < -0.39 is 0 Å². The van der Waals surface area contributed by atoms with Crippen molar-refractivity contribution in [1.82, 2.24) is 9.97 Å². The maximum absolute atomic E-state index is 12.2. The summed E-state index contributed by atoms with van der Waals surface area (Å²) in [5.74, 6) is 1.77. The highest BCUT2D eigenvalue weighted by Gasteiger charge is 2.07. The van der Waals surface area contributed by atoms with Crippen molar-refractivity contribution >= 4 is 11.6 Å². The van der Waals surface area contributed by atoms with Gasteiger partial charge in [0.1, 0.15) is 17.8 Å². The zero-order valence-corrected chi connectivity index (χ0v) is 14.6. The summed E-state index contributed by atoms with van der Waals surface area (Å²) in [5, 5.41) is 2.87. The van der Waals surface area contributed by atoms with Crippen molar-refractivity contribution in [3.05, 3.63) is 72.2 Å². The summed E-state index contributed by atoms with van der Waals surface area (Å²) in [5.41, 5.74) is 2.63. The molecule has 0 unspecified atom stereocenters. The number of hydrogen-bond acceptors (Lipinski definition) is 5. The first-order valence-electron chi connectivity index (χ1n) is 8.11. The molecule has 132 valence electrons. The SMILES string of the molecule is COc1cc(CC(=O)Nc2ccc(Oc3ccncn3)cc2)ccc1C. The minimum atomic E-state index is -0.0969. The molecule has 0 radical (unpaired) electrons. The lowest BCUT2D eigenvalue weighted by Gasteiger charge is -2.09. The third-order valence-electron chi connectivity index (χ3n) is 3.75. The first kappa shape index (κ1) is 17.4. The number of nitrogens with one attached hydrogen (secondary N) is 1. The average Bonchev–Trinajstić information content (AvgIpc) is 2.66. The Morgan fingerprint density at radius 3 is 2.62 bits per heavy atom. The van der Waals surface area contributed by atoms with Gasteiger partial charge in [0.15, 0.2) is 0 Å². The molecular formula is C20H19N3O3. The molecule has 0 saturated carbocycles. The number of ether oxygens (including phenoxy) is 2. The number of rotatable bonds is 6. The van der Waals surface area contributed by atoms with Crippen molar-refractivity contribution in [2.75, 3.05) is 12.4 Å². The lowest BCUT2D eigenvalue weighted by Crippen LogP contribution is -2.14. The minimum absolute atomic E-state index is 0.0969. The molecule has 0 spiro atoms. The molecule has 0 bridgehead atoms. The fourth-order valence-electron chi connectivity index (χ4n) is 2.43. The molecule has 0 aliphatic heterocycles. The van der Waals surface area contributed by atoms with Gasteiger partial charge in [0.05, 0.1) is 13.5 Å². The maximum atomic E-state index is 12.2. The molecule has 26 heavy (non-hydrogen) atoms. The van der Waals surface area contributed by atoms with Gasteiger partial charge in [-0.2, -0.15) is 0 Å². The number of carbonyl (C=O) groups excluding carboxylic acids is 1. The van der Waals surface area contributed by atoms with E-state index in [-0.39, 0.29) is 12.3 Å². The fourth-order valence-corrected chi connectivity index (χ4v) is 2.43. The molecule has 0 saturated heterocycles. The van der Waals surface area contributed by atoms with E-state index in [2.05, 4.69) is 15.3 Å². The number of benzene rings is 2. The van der Waals surface area contributed by atoms with Crippen molar-refractivity contribution in [3.8, 4) is 17.4 Å². The number of hydrogen-bond donors (Lipinski definition) is 1. The van der Waals surface area contributed by atoms with E-state index in [0.717, 1.165) is 16.9 Å². The number of aryl methyl sites for hydroxylation is 1. The van der Waals surface area contributed by atoms with Crippen LogP contribution in [0.2, 0.25) is 0 Å². The highest BCUT2D eigenvalue weighted by molar-refractivity contribution is 5.92. The topological polar surface area (TPSA) is 73.3 Å². The maximum Gasteiger partial charge on any atom is 0.228 e. The minimum Gasteiger partial charge on any atom is -0.496 e. The largest absolute Gasteiger partial charge is 0.496 e. The Hall–Kier alpha value is -3.41. The van der Waals surface area contributed by atoms with Crippen LogP contribution >= 0.6 is 0 Å². The van der Waals surface area contributed by atoms with E-state index in [1.807, 2.05) is 25.1 Å². The number of carbonyl (C=O) groups is 1. The zero-order chi connectivity index (χ0) is 18.4. The van der Waals surface area contributed by atoms with Crippen molar-refractivity contribution < 1.29 is 14.3 Å². The summed E-state index contributed by atoms with van der Waals surface area (Å²) in [6.45, 7) is 1.97. The molecule has 0 aliphatic carbocycles. The van der Waals surface area contributed by atoms with Gasteiger partial charge in [-0.25, -0.2) is 9.97 Å². The quantitative estimate of drug-likeness (QED) is 0.733. The van der Waals surface area contributed by atoms with E-state index in [1.54, 1.807) is 43.6 Å². The lowest BCUT2D eigenvalue weighted by molar-refractivity contribution is -0.115. The number of nitrogens with zero attached hydrogens (tertiary/aromatic N) is 2. The third-order valence-corrected chi connectivity index (χ3v) is 3.75. The van der Waals surface area contributed by atoms with Gasteiger partial charge in [0, 0.05) is 18.0 Å². The van der Waals surface area contributed by atoms with Gasteiger partial charge in [0.2, 0.25) is 11.8 Å². The number of aromatic nitrogens is 2. The Kier molecular flexibility index (Phi) is 5.43. The van der Waals surface area contributed by atoms with E-state index >= 15 is 0 Å². The predicted octanol–water partition coefficient (Wildman–Crippen LogP) is 3.77. The van der Waals surface area contributed by atoms with Crippen LogP contribution in [0.1, 0.15) is 11.1 Å². The van der Waals surface area contributed by atoms with Crippen LogP contribution in [0.4, 0.5) is 5.69 Å². The summed E-state index contributed by atoms with van der Waals surface area (Å²) in [6, 6.07) is 14.5. The lowest BCUT2D eigenvalue weighted by atomic mass is 10.1. The van der Waals surface area contributed by atoms with Gasteiger partial charge in [-0.3, -0.25) is 4.79 Å². The van der Waals surface area contributed by atoms with Crippen molar-refractivity contribution in [2.45, 2.75) is 13.3 Å². The first-order chi connectivity index (χ1) is 12.6. The van der Waals surface area contributed by atoms with Gasteiger partial charge in [-0.15, -0.1) is 0 Å². The highest BCUT2D eigenvalue weighted by atomic mass is 16.5. The predicted molar refractivity (Wildman–Crippen MR) is 98.6 cm³/mol. The Bertz CT molecular complexity index is 881. The zero-order valence-electron chi connectivity index (χ0n) is 14.6. The number of anilines is 1. The summed E-state index contributed by atoms with van der Waals surface area (Å²) in [7, 11) is 1.62.